The van der Waals surface area contributed by atoms with Gasteiger partial charge in [-0.2, -0.15) is 0 Å². The Morgan fingerprint density at radius 2 is 2.24 bits per heavy atom. The Bertz CT molecular complexity index is 394. The summed E-state index contributed by atoms with van der Waals surface area (Å²) < 4.78 is 0. The highest BCUT2D eigenvalue weighted by Gasteiger charge is 2.27. The van der Waals surface area contributed by atoms with Crippen LogP contribution in [-0.2, 0) is 0 Å². The molecule has 2 unspecified atom stereocenters. The molecule has 1 aromatic rings. The predicted octanol–water partition coefficient (Wildman–Crippen LogP) is 2.29. The first-order valence-electron chi connectivity index (χ1n) is 5.69. The smallest absolute Gasteiger partial charge is 0.263 e. The molecule has 3 nitrogen and oxygen atoms in total. The minimum Gasteiger partial charge on any atom is -0.338 e. The molecule has 96 valence electrons. The number of amides is 1. The summed E-state index contributed by atoms with van der Waals surface area (Å²) in [6.07, 6.45) is 0.914. The lowest BCUT2D eigenvalue weighted by atomic mass is 9.95. The number of carbonyl (C=O) groups excluding carboxylic acids is 1. The number of halogens is 1. The lowest BCUT2D eigenvalue weighted by Gasteiger charge is -2.34. The zero-order chi connectivity index (χ0) is 11.7. The number of aryl methyl sites for hydroxylation is 1. The fraction of sp³-hybridized carbons (Fsp3) is 0.583. The maximum absolute atomic E-state index is 12.2. The van der Waals surface area contributed by atoms with E-state index in [0.29, 0.717) is 5.92 Å². The van der Waals surface area contributed by atoms with Crippen molar-refractivity contribution < 1.29 is 4.79 Å². The van der Waals surface area contributed by atoms with E-state index in [-0.39, 0.29) is 24.4 Å². The van der Waals surface area contributed by atoms with Crippen LogP contribution in [0.15, 0.2) is 12.1 Å². The molecule has 0 aromatic carbocycles. The predicted molar refractivity (Wildman–Crippen MR) is 74.0 cm³/mol. The number of nitrogens with zero attached hydrogens (tertiary/aromatic N) is 1. The Kier molecular flexibility index (Phi) is 4.98. The van der Waals surface area contributed by atoms with Crippen molar-refractivity contribution >= 4 is 29.7 Å². The number of hydrogen-bond acceptors (Lipinski definition) is 3. The maximum atomic E-state index is 12.2. The van der Waals surface area contributed by atoms with E-state index in [1.165, 1.54) is 4.88 Å². The highest BCUT2D eigenvalue weighted by molar-refractivity contribution is 7.13. The number of nitrogens with two attached hydrogens (primary N) is 1. The Balaban J connectivity index is 0.00000144. The fourth-order valence-electron chi connectivity index (χ4n) is 2.05. The fourth-order valence-corrected chi connectivity index (χ4v) is 2.89. The summed E-state index contributed by atoms with van der Waals surface area (Å²) in [7, 11) is 0. The highest BCUT2D eigenvalue weighted by atomic mass is 35.5. The van der Waals surface area contributed by atoms with Crippen molar-refractivity contribution in [2.75, 3.05) is 13.1 Å². The molecule has 17 heavy (non-hydrogen) atoms. The van der Waals surface area contributed by atoms with Gasteiger partial charge < -0.3 is 10.6 Å². The highest BCUT2D eigenvalue weighted by Crippen LogP contribution is 2.21. The molecule has 0 radical (unpaired) electrons. The van der Waals surface area contributed by atoms with Gasteiger partial charge in [0.2, 0.25) is 0 Å². The second kappa shape index (κ2) is 5.85. The molecule has 1 saturated heterocycles. The number of thiophene rings is 1. The lowest BCUT2D eigenvalue weighted by Crippen LogP contribution is -2.48. The number of piperidine rings is 1. The van der Waals surface area contributed by atoms with Gasteiger partial charge in [0.15, 0.2) is 0 Å². The molecular weight excluding hydrogens is 256 g/mol. The summed E-state index contributed by atoms with van der Waals surface area (Å²) >= 11 is 1.57. The molecule has 0 bridgehead atoms. The van der Waals surface area contributed by atoms with Crippen LogP contribution in [-0.4, -0.2) is 29.9 Å². The van der Waals surface area contributed by atoms with E-state index in [0.717, 1.165) is 24.4 Å². The average Bonchev–Trinajstić information content (AvgIpc) is 2.68. The van der Waals surface area contributed by atoms with Gasteiger partial charge in [-0.15, -0.1) is 23.7 Å². The van der Waals surface area contributed by atoms with Crippen LogP contribution in [0.4, 0.5) is 0 Å². The van der Waals surface area contributed by atoms with Gasteiger partial charge >= 0.3 is 0 Å². The largest absolute Gasteiger partial charge is 0.338 e. The molecule has 5 heteroatoms. The van der Waals surface area contributed by atoms with Crippen LogP contribution in [0.2, 0.25) is 0 Å². The summed E-state index contributed by atoms with van der Waals surface area (Å²) in [6, 6.07) is 4.16. The molecule has 0 aliphatic carbocycles. The van der Waals surface area contributed by atoms with Crippen molar-refractivity contribution in [2.24, 2.45) is 11.7 Å². The normalized spacial score (nSPS) is 24.3. The van der Waals surface area contributed by atoms with Crippen LogP contribution in [0.1, 0.15) is 27.9 Å². The lowest BCUT2D eigenvalue weighted by molar-refractivity contribution is 0.0669. The molecule has 1 fully saturated rings. The molecule has 2 atom stereocenters. The number of carbonyl (C=O) groups is 1. The molecular formula is C12H19ClN2OS. The molecule has 2 N–H and O–H groups in total. The van der Waals surface area contributed by atoms with Crippen molar-refractivity contribution in [3.05, 3.63) is 21.9 Å². The summed E-state index contributed by atoms with van der Waals surface area (Å²) in [4.78, 5) is 16.1. The first-order chi connectivity index (χ1) is 7.58. The SMILES string of the molecule is Cc1ccc(C(=O)N2CCC(N)C(C)C2)s1.Cl. The molecule has 2 heterocycles. The van der Waals surface area contributed by atoms with Gasteiger partial charge in [0.25, 0.3) is 5.91 Å². The molecule has 0 saturated carbocycles. The van der Waals surface area contributed by atoms with Gasteiger partial charge in [0, 0.05) is 24.0 Å². The van der Waals surface area contributed by atoms with Gasteiger partial charge in [-0.05, 0) is 31.4 Å². The van der Waals surface area contributed by atoms with Gasteiger partial charge in [0.05, 0.1) is 4.88 Å². The van der Waals surface area contributed by atoms with Crippen LogP contribution < -0.4 is 5.73 Å². The zero-order valence-corrected chi connectivity index (χ0v) is 11.8. The second-order valence-electron chi connectivity index (χ2n) is 4.59. The van der Waals surface area contributed by atoms with Gasteiger partial charge in [0.1, 0.15) is 0 Å². The van der Waals surface area contributed by atoms with E-state index >= 15 is 0 Å². The molecule has 2 rings (SSSR count). The van der Waals surface area contributed by atoms with Crippen LogP contribution in [0, 0.1) is 12.8 Å². The maximum Gasteiger partial charge on any atom is 0.263 e. The second-order valence-corrected chi connectivity index (χ2v) is 5.88. The third-order valence-corrected chi connectivity index (χ3v) is 4.20. The van der Waals surface area contributed by atoms with Gasteiger partial charge in [-0.3, -0.25) is 4.79 Å². The quantitative estimate of drug-likeness (QED) is 0.854. The van der Waals surface area contributed by atoms with Crippen molar-refractivity contribution in [3.63, 3.8) is 0 Å². The van der Waals surface area contributed by atoms with Gasteiger partial charge in [-0.1, -0.05) is 6.92 Å². The van der Waals surface area contributed by atoms with E-state index in [4.69, 9.17) is 5.73 Å². The Morgan fingerprint density at radius 3 is 2.76 bits per heavy atom. The monoisotopic (exact) mass is 274 g/mol. The van der Waals surface area contributed by atoms with Crippen LogP contribution in [0.5, 0.6) is 0 Å². The Morgan fingerprint density at radius 1 is 1.53 bits per heavy atom. The Labute approximate surface area is 112 Å². The van der Waals surface area contributed by atoms with E-state index in [1.807, 2.05) is 24.0 Å². The summed E-state index contributed by atoms with van der Waals surface area (Å²) in [5.74, 6) is 0.565. The number of rotatable bonds is 1. The minimum atomic E-state index is 0. The molecule has 0 spiro atoms. The van der Waals surface area contributed by atoms with E-state index < -0.39 is 0 Å². The molecule has 1 aliphatic rings. The Hall–Kier alpha value is -0.580. The number of hydrogen-bond donors (Lipinski definition) is 1. The molecule has 1 aliphatic heterocycles. The van der Waals surface area contributed by atoms with Crippen LogP contribution >= 0.6 is 23.7 Å². The van der Waals surface area contributed by atoms with E-state index in [2.05, 4.69) is 6.92 Å². The van der Waals surface area contributed by atoms with Gasteiger partial charge in [-0.25, -0.2) is 0 Å². The van der Waals surface area contributed by atoms with Crippen molar-refractivity contribution in [1.82, 2.24) is 4.90 Å². The topological polar surface area (TPSA) is 46.3 Å². The standard InChI is InChI=1S/C12H18N2OS.ClH/c1-8-7-14(6-5-10(8)13)12(15)11-4-3-9(2)16-11;/h3-4,8,10H,5-7,13H2,1-2H3;1H. The summed E-state index contributed by atoms with van der Waals surface area (Å²) in [5.41, 5.74) is 5.95. The first kappa shape index (κ1) is 14.5. The van der Waals surface area contributed by atoms with E-state index in [9.17, 15) is 4.79 Å². The minimum absolute atomic E-state index is 0. The van der Waals surface area contributed by atoms with E-state index in [1.54, 1.807) is 11.3 Å². The summed E-state index contributed by atoms with van der Waals surface area (Å²) in [6.45, 7) is 5.72. The average molecular weight is 275 g/mol. The summed E-state index contributed by atoms with van der Waals surface area (Å²) in [5, 5.41) is 0. The van der Waals surface area contributed by atoms with Crippen LogP contribution in [0.25, 0.3) is 0 Å². The van der Waals surface area contributed by atoms with Crippen molar-refractivity contribution in [2.45, 2.75) is 26.3 Å². The third kappa shape index (κ3) is 3.21. The zero-order valence-electron chi connectivity index (χ0n) is 10.2. The van der Waals surface area contributed by atoms with Crippen molar-refractivity contribution in [3.8, 4) is 0 Å². The van der Waals surface area contributed by atoms with Crippen LogP contribution in [0.3, 0.4) is 0 Å². The van der Waals surface area contributed by atoms with Crippen molar-refractivity contribution in [1.29, 1.82) is 0 Å². The molecule has 1 aromatic heterocycles. The molecule has 1 amide bonds. The number of likely N-dealkylation sites (tertiary alicyclic amines) is 1. The third-order valence-electron chi connectivity index (χ3n) is 3.21. The first-order valence-corrected chi connectivity index (χ1v) is 6.51.